The number of alkyl halides is 3. The second-order valence-electron chi connectivity index (χ2n) is 6.59. The van der Waals surface area contributed by atoms with Crippen LogP contribution in [0.1, 0.15) is 52.0 Å². The van der Waals surface area contributed by atoms with E-state index < -0.39 is 30.3 Å². The van der Waals surface area contributed by atoms with Crippen molar-refractivity contribution in [2.75, 3.05) is 11.9 Å². The average Bonchev–Trinajstić information content (AvgIpc) is 3.13. The van der Waals surface area contributed by atoms with Crippen molar-refractivity contribution >= 4 is 44.1 Å². The molecule has 0 bridgehead atoms. The number of hydrogen-bond acceptors (Lipinski definition) is 5. The number of hydrogen-bond donors (Lipinski definition) is 1. The van der Waals surface area contributed by atoms with E-state index >= 15 is 0 Å². The van der Waals surface area contributed by atoms with Gasteiger partial charge in [0.15, 0.2) is 5.69 Å². The minimum atomic E-state index is -4.63. The number of nitrogens with one attached hydrogen (secondary N) is 1. The van der Waals surface area contributed by atoms with Crippen LogP contribution in [0.15, 0.2) is 4.47 Å². The third kappa shape index (κ3) is 4.50. The van der Waals surface area contributed by atoms with Crippen molar-refractivity contribution in [3.63, 3.8) is 0 Å². The van der Waals surface area contributed by atoms with Crippen LogP contribution in [0, 0.1) is 6.92 Å². The molecule has 11 heteroatoms. The largest absolute Gasteiger partial charge is 0.462 e. The Balaban J connectivity index is 1.85. The zero-order chi connectivity index (χ0) is 21.3. The highest BCUT2D eigenvalue weighted by molar-refractivity contribution is 9.10. The van der Waals surface area contributed by atoms with Gasteiger partial charge in [0.05, 0.1) is 22.3 Å². The van der Waals surface area contributed by atoms with Crippen LogP contribution in [0.2, 0.25) is 0 Å². The van der Waals surface area contributed by atoms with Gasteiger partial charge < -0.3 is 10.1 Å². The van der Waals surface area contributed by atoms with Crippen molar-refractivity contribution in [3.05, 3.63) is 31.9 Å². The van der Waals surface area contributed by atoms with Crippen LogP contribution in [0.4, 0.5) is 18.2 Å². The molecule has 0 saturated heterocycles. The maximum Gasteiger partial charge on any atom is 0.436 e. The number of aryl methyl sites for hydroxylation is 1. The number of amides is 1. The lowest BCUT2D eigenvalue weighted by atomic mass is 9.95. The standard InChI is InChI=1S/C18H19BrF3N3O3S/c1-3-28-17(27)13-10-6-4-5-7-11(10)29-16(13)23-12(26)8-25-9(2)14(19)15(24-25)18(20,21)22/h3-8H2,1-2H3,(H,23,26). The van der Waals surface area contributed by atoms with Gasteiger partial charge in [0, 0.05) is 4.88 Å². The maximum absolute atomic E-state index is 13.0. The van der Waals surface area contributed by atoms with Gasteiger partial charge in [0.1, 0.15) is 11.5 Å². The molecule has 29 heavy (non-hydrogen) atoms. The molecule has 3 rings (SSSR count). The van der Waals surface area contributed by atoms with E-state index in [2.05, 4.69) is 26.3 Å². The first-order chi connectivity index (χ1) is 13.6. The summed E-state index contributed by atoms with van der Waals surface area (Å²) in [5, 5.41) is 6.56. The van der Waals surface area contributed by atoms with E-state index in [-0.39, 0.29) is 16.8 Å². The molecule has 1 amide bonds. The molecule has 0 radical (unpaired) electrons. The first-order valence-electron chi connectivity index (χ1n) is 9.05. The minimum absolute atomic E-state index is 0.184. The summed E-state index contributed by atoms with van der Waals surface area (Å²) in [6, 6.07) is 0. The summed E-state index contributed by atoms with van der Waals surface area (Å²) in [5.74, 6) is -1.07. The molecule has 1 aliphatic rings. The number of halogens is 4. The molecule has 2 aromatic rings. The molecule has 2 aromatic heterocycles. The Kier molecular flexibility index (Phi) is 6.37. The van der Waals surface area contributed by atoms with Gasteiger partial charge >= 0.3 is 12.1 Å². The lowest BCUT2D eigenvalue weighted by Gasteiger charge is -2.12. The van der Waals surface area contributed by atoms with Crippen LogP contribution in [0.25, 0.3) is 0 Å². The molecule has 0 fully saturated rings. The average molecular weight is 494 g/mol. The fourth-order valence-corrected chi connectivity index (χ4v) is 5.04. The van der Waals surface area contributed by atoms with Gasteiger partial charge in [0.2, 0.25) is 5.91 Å². The van der Waals surface area contributed by atoms with Crippen molar-refractivity contribution < 1.29 is 27.5 Å². The second kappa shape index (κ2) is 8.47. The third-order valence-corrected chi connectivity index (χ3v) is 6.76. The van der Waals surface area contributed by atoms with Crippen LogP contribution in [0.3, 0.4) is 0 Å². The van der Waals surface area contributed by atoms with E-state index in [1.54, 1.807) is 6.92 Å². The predicted molar refractivity (Wildman–Crippen MR) is 105 cm³/mol. The van der Waals surface area contributed by atoms with E-state index in [0.29, 0.717) is 10.6 Å². The zero-order valence-corrected chi connectivity index (χ0v) is 18.2. The molecule has 0 aromatic carbocycles. The number of carbonyl (C=O) groups excluding carboxylic acids is 2. The molecule has 0 spiro atoms. The summed E-state index contributed by atoms with van der Waals surface area (Å²) >= 11 is 4.21. The Morgan fingerprint density at radius 3 is 2.62 bits per heavy atom. The number of nitrogens with zero attached hydrogens (tertiary/aromatic N) is 2. The zero-order valence-electron chi connectivity index (χ0n) is 15.8. The molecule has 1 aliphatic carbocycles. The Bertz CT molecular complexity index is 953. The highest BCUT2D eigenvalue weighted by atomic mass is 79.9. The van der Waals surface area contributed by atoms with E-state index in [9.17, 15) is 22.8 Å². The number of ether oxygens (including phenoxy) is 1. The lowest BCUT2D eigenvalue weighted by Crippen LogP contribution is -2.22. The third-order valence-electron chi connectivity index (χ3n) is 4.60. The molecule has 0 aliphatic heterocycles. The van der Waals surface area contributed by atoms with Crippen molar-refractivity contribution in [3.8, 4) is 0 Å². The maximum atomic E-state index is 13.0. The van der Waals surface area contributed by atoms with Crippen molar-refractivity contribution in [1.82, 2.24) is 9.78 Å². The highest BCUT2D eigenvalue weighted by Gasteiger charge is 2.38. The van der Waals surface area contributed by atoms with E-state index in [0.717, 1.165) is 40.8 Å². The summed E-state index contributed by atoms with van der Waals surface area (Å²) in [7, 11) is 0. The number of fused-ring (bicyclic) bond motifs is 1. The number of esters is 1. The molecular weight excluding hydrogens is 475 g/mol. The van der Waals surface area contributed by atoms with Crippen molar-refractivity contribution in [2.24, 2.45) is 0 Å². The summed E-state index contributed by atoms with van der Waals surface area (Å²) in [6.07, 6.45) is -1.12. The summed E-state index contributed by atoms with van der Waals surface area (Å²) in [6.45, 7) is 2.93. The van der Waals surface area contributed by atoms with Gasteiger partial charge in [-0.05, 0) is 61.0 Å². The van der Waals surface area contributed by atoms with E-state index in [4.69, 9.17) is 4.74 Å². The quantitative estimate of drug-likeness (QED) is 0.611. The molecule has 2 heterocycles. The molecule has 6 nitrogen and oxygen atoms in total. The van der Waals surface area contributed by atoms with Gasteiger partial charge in [-0.1, -0.05) is 0 Å². The summed E-state index contributed by atoms with van der Waals surface area (Å²) < 4.78 is 45.0. The first kappa shape index (κ1) is 21.8. The van der Waals surface area contributed by atoms with Crippen LogP contribution in [-0.4, -0.2) is 28.3 Å². The summed E-state index contributed by atoms with van der Waals surface area (Å²) in [4.78, 5) is 26.0. The van der Waals surface area contributed by atoms with Crippen LogP contribution in [-0.2, 0) is 35.1 Å². The van der Waals surface area contributed by atoms with Gasteiger partial charge in [-0.2, -0.15) is 18.3 Å². The van der Waals surface area contributed by atoms with E-state index in [1.807, 2.05) is 0 Å². The van der Waals surface area contributed by atoms with Crippen molar-refractivity contribution in [1.29, 1.82) is 0 Å². The Hall–Kier alpha value is -1.88. The van der Waals surface area contributed by atoms with Crippen molar-refractivity contribution in [2.45, 2.75) is 52.3 Å². The number of thiophene rings is 1. The monoisotopic (exact) mass is 493 g/mol. The Morgan fingerprint density at radius 2 is 2.00 bits per heavy atom. The van der Waals surface area contributed by atoms with Crippen LogP contribution in [0.5, 0.6) is 0 Å². The topological polar surface area (TPSA) is 73.2 Å². The fraction of sp³-hybridized carbons (Fsp3) is 0.500. The van der Waals surface area contributed by atoms with Crippen LogP contribution >= 0.6 is 27.3 Å². The number of anilines is 1. The first-order valence-corrected chi connectivity index (χ1v) is 10.7. The van der Waals surface area contributed by atoms with E-state index in [1.165, 1.54) is 18.3 Å². The molecular formula is C18H19BrF3N3O3S. The van der Waals surface area contributed by atoms with Gasteiger partial charge in [-0.15, -0.1) is 11.3 Å². The Morgan fingerprint density at radius 1 is 1.31 bits per heavy atom. The normalized spacial score (nSPS) is 13.9. The molecule has 0 atom stereocenters. The SMILES string of the molecule is CCOC(=O)c1c(NC(=O)Cn2nc(C(F)(F)F)c(Br)c2C)sc2c1CCCC2. The Labute approximate surface area is 177 Å². The highest BCUT2D eigenvalue weighted by Crippen LogP contribution is 2.39. The molecule has 1 N–H and O–H groups in total. The van der Waals surface area contributed by atoms with Gasteiger partial charge in [-0.25, -0.2) is 4.79 Å². The number of aromatic nitrogens is 2. The number of carbonyl (C=O) groups is 2. The molecule has 0 saturated carbocycles. The fourth-order valence-electron chi connectivity index (χ4n) is 3.23. The van der Waals surface area contributed by atoms with Crippen LogP contribution < -0.4 is 5.32 Å². The molecule has 0 unspecified atom stereocenters. The second-order valence-corrected chi connectivity index (χ2v) is 8.49. The molecule has 158 valence electrons. The lowest BCUT2D eigenvalue weighted by molar-refractivity contribution is -0.142. The minimum Gasteiger partial charge on any atom is -0.462 e. The van der Waals surface area contributed by atoms with Gasteiger partial charge in [-0.3, -0.25) is 9.48 Å². The summed E-state index contributed by atoms with van der Waals surface area (Å²) in [5.41, 5.74) is 0.354. The number of rotatable bonds is 5. The predicted octanol–water partition coefficient (Wildman–Crippen LogP) is 4.73. The smallest absolute Gasteiger partial charge is 0.436 e. The van der Waals surface area contributed by atoms with Gasteiger partial charge in [0.25, 0.3) is 0 Å².